The van der Waals surface area contributed by atoms with Gasteiger partial charge in [-0.3, -0.25) is 14.4 Å². The van der Waals surface area contributed by atoms with E-state index < -0.39 is 17.1 Å². The number of methoxy groups -OCH3 is 1. The zero-order chi connectivity index (χ0) is 33.2. The standard InChI is InChI=1S/C38H32ClN3O4S/c1-25(36(43)41-33-23-30(39)20-21-35(33)46-2)47-32-15-9-14-31(24-32)40-38(45)34(42-37(44)29-12-7-4-8-13-29)22-26-16-18-28(19-17-26)27-10-5-3-6-11-27/h3-25H,1-2H3,(H,40,45)(H,41,43)(H,42,44)/b34-22+. The number of carbonyl (C=O) groups is 3. The minimum atomic E-state index is -0.498. The number of hydrogen-bond acceptors (Lipinski definition) is 5. The van der Waals surface area contributed by atoms with Crippen LogP contribution in [0.2, 0.25) is 5.02 Å². The Morgan fingerprint density at radius 2 is 1.45 bits per heavy atom. The van der Waals surface area contributed by atoms with E-state index in [1.54, 1.807) is 73.7 Å². The molecule has 0 bridgehead atoms. The van der Waals surface area contributed by atoms with E-state index in [0.717, 1.165) is 21.6 Å². The monoisotopic (exact) mass is 661 g/mol. The summed E-state index contributed by atoms with van der Waals surface area (Å²) in [5, 5.41) is 8.53. The summed E-state index contributed by atoms with van der Waals surface area (Å²) in [5.74, 6) is -0.645. The zero-order valence-electron chi connectivity index (χ0n) is 25.7. The van der Waals surface area contributed by atoms with Gasteiger partial charge in [0.2, 0.25) is 5.91 Å². The van der Waals surface area contributed by atoms with Crippen molar-refractivity contribution < 1.29 is 19.1 Å². The first-order chi connectivity index (χ1) is 22.8. The molecule has 0 fully saturated rings. The minimum Gasteiger partial charge on any atom is -0.495 e. The van der Waals surface area contributed by atoms with Crippen molar-refractivity contribution in [3.05, 3.63) is 149 Å². The molecule has 3 N–H and O–H groups in total. The molecule has 0 heterocycles. The summed E-state index contributed by atoms with van der Waals surface area (Å²) in [7, 11) is 1.52. The lowest BCUT2D eigenvalue weighted by atomic mass is 10.0. The predicted octanol–water partition coefficient (Wildman–Crippen LogP) is 8.54. The zero-order valence-corrected chi connectivity index (χ0v) is 27.3. The molecular weight excluding hydrogens is 630 g/mol. The summed E-state index contributed by atoms with van der Waals surface area (Å²) >= 11 is 7.43. The summed E-state index contributed by atoms with van der Waals surface area (Å²) in [4.78, 5) is 40.5. The molecule has 1 unspecified atom stereocenters. The smallest absolute Gasteiger partial charge is 0.272 e. The molecule has 9 heteroatoms. The maximum atomic E-state index is 13.6. The van der Waals surface area contributed by atoms with Gasteiger partial charge in [0, 0.05) is 21.2 Å². The molecule has 5 rings (SSSR count). The number of amides is 3. The van der Waals surface area contributed by atoms with Crippen molar-refractivity contribution in [3.8, 4) is 16.9 Å². The first-order valence-electron chi connectivity index (χ1n) is 14.7. The molecule has 1 atom stereocenters. The number of nitrogens with one attached hydrogen (secondary N) is 3. The molecule has 0 radical (unpaired) electrons. The SMILES string of the molecule is COc1ccc(Cl)cc1NC(=O)C(C)Sc1cccc(NC(=O)/C(=C\c2ccc(-c3ccccc3)cc2)NC(=O)c2ccccc2)c1. The molecular formula is C38H32ClN3O4S. The van der Waals surface area contributed by atoms with Crippen LogP contribution in [0.15, 0.2) is 138 Å². The number of carbonyl (C=O) groups excluding carboxylic acids is 3. The Bertz CT molecular complexity index is 1900. The van der Waals surface area contributed by atoms with E-state index >= 15 is 0 Å². The van der Waals surface area contributed by atoms with Crippen LogP contribution in [0.4, 0.5) is 11.4 Å². The predicted molar refractivity (Wildman–Crippen MR) is 191 cm³/mol. The van der Waals surface area contributed by atoms with E-state index in [0.29, 0.717) is 27.7 Å². The van der Waals surface area contributed by atoms with Crippen LogP contribution in [-0.4, -0.2) is 30.1 Å². The molecule has 0 aliphatic carbocycles. The molecule has 5 aromatic rings. The quantitative estimate of drug-likeness (QED) is 0.0974. The molecule has 0 saturated heterocycles. The van der Waals surface area contributed by atoms with E-state index in [2.05, 4.69) is 16.0 Å². The van der Waals surface area contributed by atoms with Crippen LogP contribution in [0, 0.1) is 0 Å². The summed E-state index contributed by atoms with van der Waals surface area (Å²) in [6.45, 7) is 1.78. The molecule has 7 nitrogen and oxygen atoms in total. The lowest BCUT2D eigenvalue weighted by Gasteiger charge is -2.15. The molecule has 3 amide bonds. The van der Waals surface area contributed by atoms with Gasteiger partial charge < -0.3 is 20.7 Å². The van der Waals surface area contributed by atoms with Crippen molar-refractivity contribution >= 4 is 58.5 Å². The summed E-state index contributed by atoms with van der Waals surface area (Å²) in [6, 6.07) is 38.6. The topological polar surface area (TPSA) is 96.5 Å². The lowest BCUT2D eigenvalue weighted by molar-refractivity contribution is -0.115. The Hall–Kier alpha value is -5.31. The van der Waals surface area contributed by atoms with Gasteiger partial charge in [0.15, 0.2) is 0 Å². The van der Waals surface area contributed by atoms with Gasteiger partial charge in [0.05, 0.1) is 18.0 Å². The molecule has 0 saturated carbocycles. The Labute approximate surface area is 283 Å². The fourth-order valence-corrected chi connectivity index (χ4v) is 5.73. The lowest BCUT2D eigenvalue weighted by Crippen LogP contribution is -2.30. The molecule has 5 aromatic carbocycles. The second-order valence-electron chi connectivity index (χ2n) is 10.4. The Morgan fingerprint density at radius 1 is 0.766 bits per heavy atom. The van der Waals surface area contributed by atoms with Crippen LogP contribution < -0.4 is 20.7 Å². The van der Waals surface area contributed by atoms with Crippen LogP contribution in [0.3, 0.4) is 0 Å². The summed E-state index contributed by atoms with van der Waals surface area (Å²) in [5.41, 5.74) is 4.33. The van der Waals surface area contributed by atoms with Crippen molar-refractivity contribution in [3.63, 3.8) is 0 Å². The van der Waals surface area contributed by atoms with Crippen molar-refractivity contribution in [2.75, 3.05) is 17.7 Å². The third-order valence-corrected chi connectivity index (χ3v) is 8.38. The van der Waals surface area contributed by atoms with Crippen LogP contribution in [0.5, 0.6) is 5.75 Å². The molecule has 0 spiro atoms. The van der Waals surface area contributed by atoms with E-state index in [1.165, 1.54) is 18.9 Å². The van der Waals surface area contributed by atoms with E-state index in [4.69, 9.17) is 16.3 Å². The number of rotatable bonds is 11. The fraction of sp³-hybridized carbons (Fsp3) is 0.0789. The molecule has 236 valence electrons. The van der Waals surface area contributed by atoms with Gasteiger partial charge in [0.25, 0.3) is 11.8 Å². The van der Waals surface area contributed by atoms with Gasteiger partial charge in [-0.15, -0.1) is 11.8 Å². The van der Waals surface area contributed by atoms with E-state index in [9.17, 15) is 14.4 Å². The summed E-state index contributed by atoms with van der Waals surface area (Å²) in [6.07, 6.45) is 1.64. The maximum Gasteiger partial charge on any atom is 0.272 e. The van der Waals surface area contributed by atoms with Crippen molar-refractivity contribution in [2.24, 2.45) is 0 Å². The van der Waals surface area contributed by atoms with Gasteiger partial charge >= 0.3 is 0 Å². The second-order valence-corrected chi connectivity index (χ2v) is 12.3. The first-order valence-corrected chi connectivity index (χ1v) is 16.0. The van der Waals surface area contributed by atoms with Crippen LogP contribution in [0.1, 0.15) is 22.8 Å². The van der Waals surface area contributed by atoms with Crippen LogP contribution in [0.25, 0.3) is 17.2 Å². The number of ether oxygens (including phenoxy) is 1. The van der Waals surface area contributed by atoms with Crippen molar-refractivity contribution in [1.29, 1.82) is 0 Å². The largest absolute Gasteiger partial charge is 0.495 e. The minimum absolute atomic E-state index is 0.0765. The van der Waals surface area contributed by atoms with Crippen molar-refractivity contribution in [1.82, 2.24) is 5.32 Å². The van der Waals surface area contributed by atoms with Crippen LogP contribution >= 0.6 is 23.4 Å². The number of halogens is 1. The molecule has 47 heavy (non-hydrogen) atoms. The molecule has 0 aliphatic heterocycles. The first kappa shape index (κ1) is 33.1. The normalized spacial score (nSPS) is 11.7. The van der Waals surface area contributed by atoms with Crippen LogP contribution in [-0.2, 0) is 9.59 Å². The summed E-state index contributed by atoms with van der Waals surface area (Å²) < 4.78 is 5.33. The highest BCUT2D eigenvalue weighted by molar-refractivity contribution is 8.00. The fourth-order valence-electron chi connectivity index (χ4n) is 4.63. The highest BCUT2D eigenvalue weighted by atomic mass is 35.5. The Balaban J connectivity index is 1.32. The number of anilines is 2. The Kier molecular flexibility index (Phi) is 11.1. The maximum absolute atomic E-state index is 13.6. The number of benzene rings is 5. The van der Waals surface area contributed by atoms with Gasteiger partial charge in [-0.25, -0.2) is 0 Å². The van der Waals surface area contributed by atoms with Gasteiger partial charge in [-0.05, 0) is 78.2 Å². The molecule has 0 aliphatic rings. The van der Waals surface area contributed by atoms with Gasteiger partial charge in [-0.2, -0.15) is 0 Å². The second kappa shape index (κ2) is 15.8. The average molecular weight is 662 g/mol. The van der Waals surface area contributed by atoms with Gasteiger partial charge in [0.1, 0.15) is 11.4 Å². The number of hydrogen-bond donors (Lipinski definition) is 3. The highest BCUT2D eigenvalue weighted by Gasteiger charge is 2.19. The van der Waals surface area contributed by atoms with Gasteiger partial charge in [-0.1, -0.05) is 90.5 Å². The van der Waals surface area contributed by atoms with E-state index in [1.807, 2.05) is 66.7 Å². The molecule has 0 aromatic heterocycles. The number of thioether (sulfide) groups is 1. The third kappa shape index (κ3) is 9.13. The van der Waals surface area contributed by atoms with E-state index in [-0.39, 0.29) is 11.6 Å². The van der Waals surface area contributed by atoms with Crippen molar-refractivity contribution in [2.45, 2.75) is 17.1 Å². The highest BCUT2D eigenvalue weighted by Crippen LogP contribution is 2.31. The third-order valence-electron chi connectivity index (χ3n) is 7.05. The average Bonchev–Trinajstić information content (AvgIpc) is 3.09. The Morgan fingerprint density at radius 3 is 2.15 bits per heavy atom.